The van der Waals surface area contributed by atoms with Gasteiger partial charge in [-0.05, 0) is 47.0 Å². The van der Waals surface area contributed by atoms with Crippen LogP contribution in [-0.4, -0.2) is 12.6 Å². The predicted octanol–water partition coefficient (Wildman–Crippen LogP) is 5.51. The lowest BCUT2D eigenvalue weighted by Gasteiger charge is -2.09. The predicted molar refractivity (Wildman–Crippen MR) is 101 cm³/mol. The molecule has 0 unspecified atom stereocenters. The van der Waals surface area contributed by atoms with Gasteiger partial charge in [0, 0.05) is 12.2 Å². The lowest BCUT2D eigenvalue weighted by molar-refractivity contribution is 0.252. The van der Waals surface area contributed by atoms with E-state index in [4.69, 9.17) is 23.2 Å². The third-order valence-electron chi connectivity index (χ3n) is 3.69. The van der Waals surface area contributed by atoms with Crippen molar-refractivity contribution in [2.75, 3.05) is 11.9 Å². The van der Waals surface area contributed by atoms with Crippen LogP contribution in [0.2, 0.25) is 10.0 Å². The molecule has 122 valence electrons. The first kappa shape index (κ1) is 16.6. The normalized spacial score (nSPS) is 10.6. The highest BCUT2D eigenvalue weighted by Crippen LogP contribution is 2.22. The third-order valence-corrected chi connectivity index (χ3v) is 4.43. The highest BCUT2D eigenvalue weighted by atomic mass is 35.5. The van der Waals surface area contributed by atoms with E-state index in [9.17, 15) is 4.79 Å². The Bertz CT molecular complexity index is 880. The zero-order valence-electron chi connectivity index (χ0n) is 12.9. The summed E-state index contributed by atoms with van der Waals surface area (Å²) < 4.78 is 0. The molecule has 0 saturated carbocycles. The molecule has 3 aromatic carbocycles. The van der Waals surface area contributed by atoms with Gasteiger partial charge >= 0.3 is 6.03 Å². The lowest BCUT2D eigenvalue weighted by Crippen LogP contribution is -2.30. The average molecular weight is 359 g/mol. The number of nitrogens with one attached hydrogen (secondary N) is 2. The van der Waals surface area contributed by atoms with Crippen LogP contribution in [0.3, 0.4) is 0 Å². The van der Waals surface area contributed by atoms with Crippen LogP contribution in [-0.2, 0) is 6.42 Å². The van der Waals surface area contributed by atoms with Gasteiger partial charge in [0.25, 0.3) is 0 Å². The van der Waals surface area contributed by atoms with Crippen LogP contribution < -0.4 is 10.6 Å². The zero-order chi connectivity index (χ0) is 16.9. The molecule has 2 N–H and O–H groups in total. The second-order valence-corrected chi connectivity index (χ2v) is 6.26. The molecule has 2 amide bonds. The first-order valence-electron chi connectivity index (χ1n) is 7.59. The molecule has 24 heavy (non-hydrogen) atoms. The van der Waals surface area contributed by atoms with E-state index in [1.807, 2.05) is 54.6 Å². The van der Waals surface area contributed by atoms with Crippen LogP contribution in [0, 0.1) is 0 Å². The van der Waals surface area contributed by atoms with E-state index in [-0.39, 0.29) is 6.03 Å². The van der Waals surface area contributed by atoms with Crippen LogP contribution >= 0.6 is 23.2 Å². The van der Waals surface area contributed by atoms with Crippen LogP contribution in [0.15, 0.2) is 60.7 Å². The fourth-order valence-electron chi connectivity index (χ4n) is 2.46. The van der Waals surface area contributed by atoms with Crippen molar-refractivity contribution in [3.05, 3.63) is 76.3 Å². The highest BCUT2D eigenvalue weighted by Gasteiger charge is 2.04. The van der Waals surface area contributed by atoms with Crippen molar-refractivity contribution in [3.63, 3.8) is 0 Å². The Labute approximate surface area is 150 Å². The minimum Gasteiger partial charge on any atom is -0.338 e. The van der Waals surface area contributed by atoms with Crippen LogP contribution in [0.1, 0.15) is 5.56 Å². The van der Waals surface area contributed by atoms with Gasteiger partial charge in [0.15, 0.2) is 0 Å². The quantitative estimate of drug-likeness (QED) is 0.634. The van der Waals surface area contributed by atoms with E-state index in [2.05, 4.69) is 10.6 Å². The van der Waals surface area contributed by atoms with Gasteiger partial charge in [0.2, 0.25) is 0 Å². The molecule has 0 atom stereocenters. The van der Waals surface area contributed by atoms with Gasteiger partial charge in [0.05, 0.1) is 10.0 Å². The van der Waals surface area contributed by atoms with Crippen molar-refractivity contribution in [2.24, 2.45) is 0 Å². The molecule has 0 aromatic heterocycles. The van der Waals surface area contributed by atoms with E-state index in [1.165, 1.54) is 0 Å². The second-order valence-electron chi connectivity index (χ2n) is 5.44. The van der Waals surface area contributed by atoms with Gasteiger partial charge in [-0.25, -0.2) is 4.79 Å². The largest absolute Gasteiger partial charge is 0.338 e. The number of benzene rings is 3. The summed E-state index contributed by atoms with van der Waals surface area (Å²) in [4.78, 5) is 12.0. The monoisotopic (exact) mass is 358 g/mol. The summed E-state index contributed by atoms with van der Waals surface area (Å²) in [6.45, 7) is 0.511. The Balaban J connectivity index is 1.53. The van der Waals surface area contributed by atoms with Crippen LogP contribution in [0.5, 0.6) is 0 Å². The maximum absolute atomic E-state index is 12.0. The summed E-state index contributed by atoms with van der Waals surface area (Å²) >= 11 is 11.9. The van der Waals surface area contributed by atoms with Gasteiger partial charge in [-0.3, -0.25) is 0 Å². The van der Waals surface area contributed by atoms with Crippen LogP contribution in [0.4, 0.5) is 10.5 Å². The minimum absolute atomic E-state index is 0.231. The van der Waals surface area contributed by atoms with Crippen molar-refractivity contribution in [2.45, 2.75) is 6.42 Å². The maximum Gasteiger partial charge on any atom is 0.319 e. The fraction of sp³-hybridized carbons (Fsp3) is 0.105. The molecule has 0 aliphatic rings. The summed E-state index contributed by atoms with van der Waals surface area (Å²) in [5.41, 5.74) is 1.79. The Morgan fingerprint density at radius 1 is 0.875 bits per heavy atom. The number of carbonyl (C=O) groups is 1. The van der Waals surface area contributed by atoms with Gasteiger partial charge in [-0.2, -0.15) is 0 Å². The summed E-state index contributed by atoms with van der Waals surface area (Å²) in [7, 11) is 0. The Morgan fingerprint density at radius 3 is 2.46 bits per heavy atom. The molecule has 3 rings (SSSR count). The van der Waals surface area contributed by atoms with E-state index >= 15 is 0 Å². The van der Waals surface area contributed by atoms with Gasteiger partial charge in [0.1, 0.15) is 0 Å². The van der Waals surface area contributed by atoms with E-state index in [0.29, 0.717) is 23.0 Å². The first-order valence-corrected chi connectivity index (χ1v) is 8.35. The minimum atomic E-state index is -0.231. The molecule has 0 radical (unpaired) electrons. The summed E-state index contributed by atoms with van der Waals surface area (Å²) in [5.74, 6) is 0. The van der Waals surface area contributed by atoms with Gasteiger partial charge in [-0.1, -0.05) is 59.6 Å². The SMILES string of the molecule is O=C(NCCc1ccc(Cl)c(Cl)c1)Nc1ccc2ccccc2c1. The molecule has 5 heteroatoms. The standard InChI is InChI=1S/C19H16Cl2N2O/c20-17-8-5-13(11-18(17)21)9-10-22-19(24)23-16-7-6-14-3-1-2-4-15(14)12-16/h1-8,11-12H,9-10H2,(H2,22,23,24). The Morgan fingerprint density at radius 2 is 1.67 bits per heavy atom. The molecule has 0 fully saturated rings. The van der Waals surface area contributed by atoms with Gasteiger partial charge < -0.3 is 10.6 Å². The molecular weight excluding hydrogens is 343 g/mol. The first-order chi connectivity index (χ1) is 11.6. The molecule has 0 saturated heterocycles. The lowest BCUT2D eigenvalue weighted by atomic mass is 10.1. The van der Waals surface area contributed by atoms with Crippen molar-refractivity contribution in [1.29, 1.82) is 0 Å². The topological polar surface area (TPSA) is 41.1 Å². The van der Waals surface area contributed by atoms with Crippen LogP contribution in [0.25, 0.3) is 10.8 Å². The number of halogens is 2. The molecule has 0 spiro atoms. The molecule has 3 aromatic rings. The second kappa shape index (κ2) is 7.56. The molecule has 0 aliphatic carbocycles. The van der Waals surface area contributed by atoms with Crippen molar-refractivity contribution in [3.8, 4) is 0 Å². The Kier molecular flexibility index (Phi) is 5.24. The fourth-order valence-corrected chi connectivity index (χ4v) is 2.78. The number of urea groups is 1. The van der Waals surface area contributed by atoms with Gasteiger partial charge in [-0.15, -0.1) is 0 Å². The van der Waals surface area contributed by atoms with E-state index in [0.717, 1.165) is 22.0 Å². The van der Waals surface area contributed by atoms with E-state index in [1.54, 1.807) is 6.07 Å². The third kappa shape index (κ3) is 4.19. The molecule has 0 aliphatic heterocycles. The summed E-state index contributed by atoms with van der Waals surface area (Å²) in [5, 5.41) is 8.96. The molecule has 0 heterocycles. The Hall–Kier alpha value is -2.23. The highest BCUT2D eigenvalue weighted by molar-refractivity contribution is 6.42. The molecule has 0 bridgehead atoms. The maximum atomic E-state index is 12.0. The molecular formula is C19H16Cl2N2O. The van der Waals surface area contributed by atoms with E-state index < -0.39 is 0 Å². The zero-order valence-corrected chi connectivity index (χ0v) is 14.4. The van der Waals surface area contributed by atoms with Crippen molar-refractivity contribution >= 4 is 45.7 Å². The summed E-state index contributed by atoms with van der Waals surface area (Å²) in [6, 6.07) is 19.1. The average Bonchev–Trinajstić information content (AvgIpc) is 2.58. The molecule has 3 nitrogen and oxygen atoms in total. The number of anilines is 1. The number of rotatable bonds is 4. The summed E-state index contributed by atoms with van der Waals surface area (Å²) in [6.07, 6.45) is 0.683. The number of carbonyl (C=O) groups excluding carboxylic acids is 1. The smallest absolute Gasteiger partial charge is 0.319 e. The number of fused-ring (bicyclic) bond motifs is 1. The van der Waals surface area contributed by atoms with Crippen molar-refractivity contribution < 1.29 is 4.79 Å². The number of hydrogen-bond acceptors (Lipinski definition) is 1. The number of amides is 2. The number of hydrogen-bond donors (Lipinski definition) is 2. The van der Waals surface area contributed by atoms with Crippen molar-refractivity contribution in [1.82, 2.24) is 5.32 Å².